The van der Waals surface area contributed by atoms with Gasteiger partial charge in [0, 0.05) is 36.9 Å². The largest absolute Gasteiger partial charge is 0.462 e. The highest BCUT2D eigenvalue weighted by Crippen LogP contribution is 2.77. The van der Waals surface area contributed by atoms with Gasteiger partial charge in [0.25, 0.3) is 0 Å². The van der Waals surface area contributed by atoms with Gasteiger partial charge in [0.2, 0.25) is 0 Å². The minimum Gasteiger partial charge on any atom is -0.462 e. The van der Waals surface area contributed by atoms with E-state index in [0.29, 0.717) is 18.4 Å². The second-order valence-corrected chi connectivity index (χ2v) is 12.6. The van der Waals surface area contributed by atoms with Crippen LogP contribution in [0.3, 0.4) is 0 Å². The van der Waals surface area contributed by atoms with Crippen molar-refractivity contribution in [2.75, 3.05) is 20.2 Å². The Bertz CT molecular complexity index is 1090. The van der Waals surface area contributed by atoms with E-state index in [2.05, 4.69) is 18.7 Å². The molecule has 194 valence electrons. The minimum atomic E-state index is -1.27. The molecule has 0 aromatic heterocycles. The number of aliphatic hydroxyl groups is 1. The number of hydrogen-bond acceptors (Lipinski definition) is 7. The summed E-state index contributed by atoms with van der Waals surface area (Å²) in [5.74, 6) is -1.62. The number of benzene rings is 1. The van der Waals surface area contributed by atoms with E-state index in [4.69, 9.17) is 14.2 Å². The van der Waals surface area contributed by atoms with Crippen molar-refractivity contribution in [3.05, 3.63) is 35.9 Å². The topological polar surface area (TPSA) is 85.3 Å². The van der Waals surface area contributed by atoms with Crippen LogP contribution in [-0.4, -0.2) is 72.1 Å². The molecule has 7 nitrogen and oxygen atoms in total. The van der Waals surface area contributed by atoms with Crippen LogP contribution >= 0.6 is 0 Å². The Labute approximate surface area is 212 Å². The van der Waals surface area contributed by atoms with Gasteiger partial charge in [0.05, 0.1) is 23.2 Å². The van der Waals surface area contributed by atoms with Gasteiger partial charge >= 0.3 is 11.9 Å². The smallest absolute Gasteiger partial charge is 0.338 e. The van der Waals surface area contributed by atoms with Crippen molar-refractivity contribution in [3.8, 4) is 0 Å². The van der Waals surface area contributed by atoms with Crippen molar-refractivity contribution >= 4 is 11.9 Å². The number of carbonyl (C=O) groups is 2. The quantitative estimate of drug-likeness (QED) is 0.643. The molecule has 1 aromatic carbocycles. The summed E-state index contributed by atoms with van der Waals surface area (Å²) in [6.07, 6.45) is 3.10. The van der Waals surface area contributed by atoms with Crippen LogP contribution in [0, 0.1) is 34.5 Å². The van der Waals surface area contributed by atoms with E-state index in [1.165, 1.54) is 0 Å². The second-order valence-electron chi connectivity index (χ2n) is 12.6. The number of ether oxygens (including phenoxy) is 3. The Morgan fingerprint density at radius 3 is 2.72 bits per heavy atom. The van der Waals surface area contributed by atoms with Crippen LogP contribution in [-0.2, 0) is 19.0 Å². The molecule has 7 fully saturated rings. The summed E-state index contributed by atoms with van der Waals surface area (Å²) in [4.78, 5) is 29.6. The lowest BCUT2D eigenvalue weighted by Gasteiger charge is -2.69. The zero-order valence-electron chi connectivity index (χ0n) is 21.4. The van der Waals surface area contributed by atoms with Crippen molar-refractivity contribution < 1.29 is 28.9 Å². The normalized spacial score (nSPS) is 50.4. The molecule has 3 heterocycles. The van der Waals surface area contributed by atoms with E-state index in [1.54, 1.807) is 19.2 Å². The molecule has 36 heavy (non-hydrogen) atoms. The highest BCUT2D eigenvalue weighted by molar-refractivity contribution is 5.89. The molecule has 1 aromatic rings. The first-order chi connectivity index (χ1) is 17.3. The summed E-state index contributed by atoms with van der Waals surface area (Å²) in [5, 5.41) is 12.6. The molecule has 11 atom stereocenters. The molecule has 7 heteroatoms. The van der Waals surface area contributed by atoms with E-state index in [9.17, 15) is 14.7 Å². The summed E-state index contributed by atoms with van der Waals surface area (Å²) in [7, 11) is 1.79. The molecule has 1 N–H and O–H groups in total. The van der Waals surface area contributed by atoms with Crippen molar-refractivity contribution in [1.29, 1.82) is 0 Å². The molecule has 3 aliphatic heterocycles. The lowest BCUT2D eigenvalue weighted by atomic mass is 9.42. The van der Waals surface area contributed by atoms with Gasteiger partial charge in [0.1, 0.15) is 12.2 Å². The van der Waals surface area contributed by atoms with E-state index in [0.717, 1.165) is 32.4 Å². The number of likely N-dealkylation sites (tertiary alicyclic amines) is 1. The minimum absolute atomic E-state index is 0.00435. The molecular weight excluding hydrogens is 458 g/mol. The highest BCUT2D eigenvalue weighted by Gasteiger charge is 2.85. The van der Waals surface area contributed by atoms with Crippen molar-refractivity contribution in [2.45, 2.75) is 75.9 Å². The van der Waals surface area contributed by atoms with Gasteiger partial charge in [-0.2, -0.15) is 0 Å². The Kier molecular flexibility index (Phi) is 4.86. The molecule has 8 rings (SSSR count). The summed E-state index contributed by atoms with van der Waals surface area (Å²) in [5.41, 5.74) is -1.23. The molecule has 0 amide bonds. The van der Waals surface area contributed by atoms with Gasteiger partial charge in [-0.05, 0) is 62.1 Å². The third-order valence-corrected chi connectivity index (χ3v) is 11.3. The predicted molar refractivity (Wildman–Crippen MR) is 130 cm³/mol. The van der Waals surface area contributed by atoms with Crippen LogP contribution in [0.4, 0.5) is 0 Å². The third-order valence-electron chi connectivity index (χ3n) is 11.3. The lowest BCUT2D eigenvalue weighted by Crippen LogP contribution is -2.76. The zero-order chi connectivity index (χ0) is 25.0. The monoisotopic (exact) mass is 495 g/mol. The number of rotatable bonds is 4. The fourth-order valence-electron chi connectivity index (χ4n) is 10.5. The molecule has 4 aliphatic carbocycles. The fourth-order valence-corrected chi connectivity index (χ4v) is 10.5. The molecule has 9 bridgehead atoms. The predicted octanol–water partition coefficient (Wildman–Crippen LogP) is 3.05. The van der Waals surface area contributed by atoms with Gasteiger partial charge < -0.3 is 19.3 Å². The maximum atomic E-state index is 13.5. The number of fused-ring (bicyclic) bond motifs is 2. The zero-order valence-corrected chi connectivity index (χ0v) is 21.4. The summed E-state index contributed by atoms with van der Waals surface area (Å²) < 4.78 is 18.7. The molecular formula is C29H37NO6. The van der Waals surface area contributed by atoms with Crippen LogP contribution in [0.15, 0.2) is 30.3 Å². The maximum absolute atomic E-state index is 13.5. The molecule has 3 saturated heterocycles. The van der Waals surface area contributed by atoms with E-state index >= 15 is 0 Å². The number of esters is 2. The SMILES string of the molecule is CCN1C[C@]2(C)CC[C@H](OC)C34C1C([C@@H](OC(=O)c1ccccc1)C32)[C@@]1(O)CC[C@H]2C[C@@H]4[C@@H]1C(=O)O2. The van der Waals surface area contributed by atoms with Gasteiger partial charge in [-0.1, -0.05) is 32.0 Å². The van der Waals surface area contributed by atoms with Crippen LogP contribution in [0.2, 0.25) is 0 Å². The molecule has 4 saturated carbocycles. The van der Waals surface area contributed by atoms with Gasteiger partial charge in [0.15, 0.2) is 0 Å². The Morgan fingerprint density at radius 2 is 2.00 bits per heavy atom. The van der Waals surface area contributed by atoms with Crippen LogP contribution in [0.25, 0.3) is 0 Å². The molecule has 0 radical (unpaired) electrons. The lowest BCUT2D eigenvalue weighted by molar-refractivity contribution is -0.269. The van der Waals surface area contributed by atoms with Crippen molar-refractivity contribution in [2.24, 2.45) is 34.5 Å². The summed E-state index contributed by atoms with van der Waals surface area (Å²) in [6, 6.07) is 9.13. The summed E-state index contributed by atoms with van der Waals surface area (Å²) in [6.45, 7) is 6.29. The standard InChI is InChI=1S/C29H37NO6/c1-4-30-15-27(2)12-11-19(34-3)29-18-14-17-10-13-28(33,20(18)26(32)35-17)21(24(29)30)22(23(27)29)36-25(31)16-8-6-5-7-9-16/h5-9,17-24,33H,4,10-15H2,1-3H3/t17-,18+,19-,20+,21?,22+,23?,24?,27-,28+,29?/m0/s1. The van der Waals surface area contributed by atoms with Gasteiger partial charge in [-0.3, -0.25) is 9.69 Å². The first-order valence-electron chi connectivity index (χ1n) is 13.8. The third kappa shape index (κ3) is 2.60. The average Bonchev–Trinajstić information content (AvgIpc) is 2.92. The van der Waals surface area contributed by atoms with Crippen LogP contribution in [0.5, 0.6) is 0 Å². The fraction of sp³-hybridized carbons (Fsp3) is 0.724. The number of hydrogen-bond donors (Lipinski definition) is 1. The Hall–Kier alpha value is -1.96. The second kappa shape index (κ2) is 7.55. The first kappa shape index (κ1) is 23.2. The van der Waals surface area contributed by atoms with E-state index < -0.39 is 17.6 Å². The number of nitrogens with zero attached hydrogens (tertiary/aromatic N) is 1. The molecule has 7 aliphatic rings. The number of piperidine rings is 1. The first-order valence-corrected chi connectivity index (χ1v) is 13.8. The van der Waals surface area contributed by atoms with Crippen LogP contribution < -0.4 is 0 Å². The summed E-state index contributed by atoms with van der Waals surface area (Å²) >= 11 is 0. The molecule has 1 spiro atoms. The Balaban J connectivity index is 1.46. The van der Waals surface area contributed by atoms with E-state index in [1.807, 2.05) is 18.2 Å². The number of methoxy groups -OCH3 is 1. The van der Waals surface area contributed by atoms with E-state index in [-0.39, 0.29) is 58.8 Å². The Morgan fingerprint density at radius 1 is 1.22 bits per heavy atom. The van der Waals surface area contributed by atoms with Crippen LogP contribution in [0.1, 0.15) is 56.3 Å². The van der Waals surface area contributed by atoms with Gasteiger partial charge in [-0.15, -0.1) is 0 Å². The van der Waals surface area contributed by atoms with Crippen molar-refractivity contribution in [1.82, 2.24) is 4.90 Å². The van der Waals surface area contributed by atoms with Crippen molar-refractivity contribution in [3.63, 3.8) is 0 Å². The highest BCUT2D eigenvalue weighted by atomic mass is 16.6. The maximum Gasteiger partial charge on any atom is 0.338 e. The molecule has 4 unspecified atom stereocenters. The van der Waals surface area contributed by atoms with Gasteiger partial charge in [-0.25, -0.2) is 4.79 Å². The average molecular weight is 496 g/mol. The number of carbonyl (C=O) groups excluding carboxylic acids is 2.